The van der Waals surface area contributed by atoms with Crippen molar-refractivity contribution in [3.05, 3.63) is 118 Å². The summed E-state index contributed by atoms with van der Waals surface area (Å²) in [7, 11) is 0. The lowest BCUT2D eigenvalue weighted by atomic mass is 10.1. The van der Waals surface area contributed by atoms with Gasteiger partial charge >= 0.3 is 12.1 Å². The molecule has 0 saturated heterocycles. The molecule has 0 radical (unpaired) electrons. The third kappa shape index (κ3) is 6.84. The first-order valence-corrected chi connectivity index (χ1v) is 11.8. The van der Waals surface area contributed by atoms with Crippen LogP contribution in [-0.4, -0.2) is 34.4 Å². The second kappa shape index (κ2) is 11.6. The third-order valence-corrected chi connectivity index (χ3v) is 5.69. The first-order valence-electron chi connectivity index (χ1n) is 11.8. The van der Waals surface area contributed by atoms with Crippen LogP contribution in [-0.2, 0) is 4.79 Å². The molecule has 0 bridgehead atoms. The molecule has 0 spiro atoms. The van der Waals surface area contributed by atoms with Crippen molar-refractivity contribution in [2.45, 2.75) is 6.18 Å². The molecule has 4 amide bonds. The van der Waals surface area contributed by atoms with E-state index in [2.05, 4.69) is 10.6 Å². The van der Waals surface area contributed by atoms with E-state index in [1.807, 2.05) is 0 Å². The summed E-state index contributed by atoms with van der Waals surface area (Å²) in [5.41, 5.74) is 5.84. The summed E-state index contributed by atoms with van der Waals surface area (Å²) in [6, 6.07) is 19.4. The number of alkyl halides is 3. The highest BCUT2D eigenvalue weighted by Gasteiger charge is 2.38. The fraction of sp³-hybridized carbons (Fsp3) is 0.0357. The number of primary amides is 1. The maximum absolute atomic E-state index is 13.0. The number of amides is 4. The minimum atomic E-state index is -5.08. The Morgan fingerprint density at radius 3 is 1.80 bits per heavy atom. The number of anilines is 3. The van der Waals surface area contributed by atoms with Gasteiger partial charge in [-0.2, -0.15) is 13.2 Å². The standard InChI is InChI=1S/C28H20F3N5O5/c29-28(30,31)27(41)33-19-9-4-16(5-10-19)26(40)35-22-15-18(24(32)38)8-13-21(22)34-25(39)17-6-11-20(12-7-17)36-14-2-1-3-23(36)37/h1-15H,(H2,32,38)(H,33,41)(H,34,39)(H,35,40). The SMILES string of the molecule is NC(=O)c1ccc(NC(=O)c2ccc(-n3ccccc3=O)cc2)c(NC(=O)c2ccc(NC(=O)C(F)(F)F)cc2)c1. The van der Waals surface area contributed by atoms with Gasteiger partial charge in [-0.15, -0.1) is 0 Å². The van der Waals surface area contributed by atoms with Gasteiger partial charge < -0.3 is 21.7 Å². The fourth-order valence-electron chi connectivity index (χ4n) is 3.62. The van der Waals surface area contributed by atoms with Gasteiger partial charge in [0.05, 0.1) is 11.4 Å². The number of halogens is 3. The number of nitrogens with one attached hydrogen (secondary N) is 3. The molecule has 3 aromatic carbocycles. The largest absolute Gasteiger partial charge is 0.471 e. The molecule has 0 aliphatic rings. The van der Waals surface area contributed by atoms with Crippen LogP contribution in [0.3, 0.4) is 0 Å². The highest BCUT2D eigenvalue weighted by atomic mass is 19.4. The summed E-state index contributed by atoms with van der Waals surface area (Å²) in [4.78, 5) is 60.7. The molecule has 0 aliphatic heterocycles. The van der Waals surface area contributed by atoms with E-state index in [0.717, 1.165) is 12.1 Å². The Morgan fingerprint density at radius 2 is 1.24 bits per heavy atom. The van der Waals surface area contributed by atoms with Crippen molar-refractivity contribution in [3.8, 4) is 5.69 Å². The van der Waals surface area contributed by atoms with E-state index in [4.69, 9.17) is 5.73 Å². The monoisotopic (exact) mass is 563 g/mol. The van der Waals surface area contributed by atoms with E-state index >= 15 is 0 Å². The minimum absolute atomic E-state index is 0.00325. The van der Waals surface area contributed by atoms with Gasteiger partial charge in [-0.05, 0) is 72.8 Å². The Balaban J connectivity index is 1.52. The lowest BCUT2D eigenvalue weighted by Crippen LogP contribution is -2.29. The number of carbonyl (C=O) groups is 4. The molecule has 1 heterocycles. The Hall–Kier alpha value is -5.72. The highest BCUT2D eigenvalue weighted by Crippen LogP contribution is 2.26. The van der Waals surface area contributed by atoms with E-state index in [9.17, 15) is 37.1 Å². The maximum Gasteiger partial charge on any atom is 0.471 e. The highest BCUT2D eigenvalue weighted by molar-refractivity contribution is 6.11. The summed E-state index contributed by atoms with van der Waals surface area (Å²) in [5.74, 6) is -4.26. The summed E-state index contributed by atoms with van der Waals surface area (Å²) in [6.45, 7) is 0. The number of aromatic nitrogens is 1. The molecule has 0 unspecified atom stereocenters. The van der Waals surface area contributed by atoms with Crippen LogP contribution >= 0.6 is 0 Å². The Labute approximate surface area is 229 Å². The smallest absolute Gasteiger partial charge is 0.366 e. The number of hydrogen-bond acceptors (Lipinski definition) is 5. The van der Waals surface area contributed by atoms with Gasteiger partial charge in [0.15, 0.2) is 0 Å². The van der Waals surface area contributed by atoms with Gasteiger partial charge in [0.1, 0.15) is 0 Å². The van der Waals surface area contributed by atoms with Crippen LogP contribution in [0.1, 0.15) is 31.1 Å². The normalized spacial score (nSPS) is 10.9. The van der Waals surface area contributed by atoms with Crippen molar-refractivity contribution in [2.24, 2.45) is 5.73 Å². The molecule has 208 valence electrons. The molecule has 4 aromatic rings. The van der Waals surface area contributed by atoms with Gasteiger partial charge in [0.2, 0.25) is 5.91 Å². The average molecular weight is 563 g/mol. The number of carbonyl (C=O) groups excluding carboxylic acids is 4. The minimum Gasteiger partial charge on any atom is -0.366 e. The molecule has 41 heavy (non-hydrogen) atoms. The Kier molecular flexibility index (Phi) is 7.99. The summed E-state index contributed by atoms with van der Waals surface area (Å²) in [5, 5.41) is 6.84. The summed E-state index contributed by atoms with van der Waals surface area (Å²) >= 11 is 0. The van der Waals surface area contributed by atoms with Gasteiger partial charge in [-0.25, -0.2) is 0 Å². The lowest BCUT2D eigenvalue weighted by molar-refractivity contribution is -0.167. The van der Waals surface area contributed by atoms with E-state index < -0.39 is 29.8 Å². The van der Waals surface area contributed by atoms with Gasteiger partial charge in [-0.1, -0.05) is 6.07 Å². The van der Waals surface area contributed by atoms with Crippen molar-refractivity contribution in [1.29, 1.82) is 0 Å². The van der Waals surface area contributed by atoms with E-state index in [-0.39, 0.29) is 39.3 Å². The first-order chi connectivity index (χ1) is 19.4. The number of hydrogen-bond donors (Lipinski definition) is 4. The average Bonchev–Trinajstić information content (AvgIpc) is 2.94. The van der Waals surface area contributed by atoms with E-state index in [1.165, 1.54) is 53.1 Å². The third-order valence-electron chi connectivity index (χ3n) is 5.69. The number of pyridine rings is 1. The molecule has 0 saturated carbocycles. The predicted octanol–water partition coefficient (Wildman–Crippen LogP) is 3.94. The Bertz CT molecular complexity index is 1700. The van der Waals surface area contributed by atoms with Crippen LogP contribution in [0, 0.1) is 0 Å². The molecule has 0 atom stereocenters. The quantitative estimate of drug-likeness (QED) is 0.268. The van der Waals surface area contributed by atoms with Gasteiger partial charge in [0.25, 0.3) is 17.4 Å². The van der Waals surface area contributed by atoms with Crippen molar-refractivity contribution in [2.75, 3.05) is 16.0 Å². The van der Waals surface area contributed by atoms with Crippen LogP contribution in [0.25, 0.3) is 5.69 Å². The van der Waals surface area contributed by atoms with Crippen molar-refractivity contribution in [3.63, 3.8) is 0 Å². The molecule has 1 aromatic heterocycles. The second-order valence-electron chi connectivity index (χ2n) is 8.52. The fourth-order valence-corrected chi connectivity index (χ4v) is 3.62. The second-order valence-corrected chi connectivity index (χ2v) is 8.52. The number of nitrogens with zero attached hydrogens (tertiary/aromatic N) is 1. The lowest BCUT2D eigenvalue weighted by Gasteiger charge is -2.14. The maximum atomic E-state index is 13.0. The summed E-state index contributed by atoms with van der Waals surface area (Å²) in [6.07, 6.45) is -3.50. The van der Waals surface area contributed by atoms with Crippen LogP contribution in [0.2, 0.25) is 0 Å². The van der Waals surface area contributed by atoms with Crippen LogP contribution in [0.4, 0.5) is 30.2 Å². The molecule has 4 rings (SSSR count). The number of nitrogens with two attached hydrogens (primary N) is 1. The zero-order valence-electron chi connectivity index (χ0n) is 20.9. The molecule has 0 fully saturated rings. The Morgan fingerprint density at radius 1 is 0.683 bits per heavy atom. The topological polar surface area (TPSA) is 152 Å². The van der Waals surface area contributed by atoms with Crippen molar-refractivity contribution >= 4 is 40.7 Å². The van der Waals surface area contributed by atoms with Crippen molar-refractivity contribution in [1.82, 2.24) is 4.57 Å². The molecule has 5 N–H and O–H groups in total. The zero-order valence-corrected chi connectivity index (χ0v) is 20.9. The van der Waals surface area contributed by atoms with Crippen molar-refractivity contribution < 1.29 is 32.3 Å². The molecular weight excluding hydrogens is 543 g/mol. The first kappa shape index (κ1) is 28.3. The van der Waals surface area contributed by atoms with Crippen LogP contribution in [0.5, 0.6) is 0 Å². The molecule has 10 nitrogen and oxygen atoms in total. The molecule has 13 heteroatoms. The number of benzene rings is 3. The number of rotatable bonds is 7. The summed E-state index contributed by atoms with van der Waals surface area (Å²) < 4.78 is 38.8. The van der Waals surface area contributed by atoms with Gasteiger partial charge in [0, 0.05) is 40.3 Å². The van der Waals surface area contributed by atoms with Crippen LogP contribution in [0.15, 0.2) is 95.9 Å². The van der Waals surface area contributed by atoms with Crippen LogP contribution < -0.4 is 27.2 Å². The van der Waals surface area contributed by atoms with Gasteiger partial charge in [-0.3, -0.25) is 28.5 Å². The van der Waals surface area contributed by atoms with E-state index in [1.54, 1.807) is 35.8 Å². The molecule has 0 aliphatic carbocycles. The van der Waals surface area contributed by atoms with E-state index in [0.29, 0.717) is 5.69 Å². The zero-order chi connectivity index (χ0) is 29.7. The predicted molar refractivity (Wildman–Crippen MR) is 144 cm³/mol. The molecular formula is C28H20F3N5O5.